The van der Waals surface area contributed by atoms with E-state index in [1.54, 1.807) is 0 Å². The molecule has 2 aliphatic rings. The Hall–Kier alpha value is -2.42. The van der Waals surface area contributed by atoms with Gasteiger partial charge in [-0.1, -0.05) is 149 Å². The van der Waals surface area contributed by atoms with Gasteiger partial charge in [-0.3, -0.25) is 0 Å². The molecule has 0 aromatic rings. The number of aliphatic hydroxyl groups is 2. The van der Waals surface area contributed by atoms with Crippen LogP contribution in [0.25, 0.3) is 0 Å². The van der Waals surface area contributed by atoms with Gasteiger partial charge in [0.15, 0.2) is 0 Å². The Morgan fingerprint density at radius 1 is 0.524 bits per heavy atom. The van der Waals surface area contributed by atoms with Crippen LogP contribution in [0.1, 0.15) is 94.9 Å². The monoisotopic (exact) mass is 572 g/mol. The zero-order chi connectivity index (χ0) is 31.5. The smallest absolute Gasteiger partial charge is 0.0571 e. The Bertz CT molecular complexity index is 1050. The highest BCUT2D eigenvalue weighted by Crippen LogP contribution is 2.45. The standard InChI is InChI=1S/C40H60O2/c1-29(17-13-19-31(3)21-23-35-33(5)37(41)25-27-39(35,7)8)15-11-12-16-30(2)18-14-20-32(4)22-24-36-34(6)38(42)26-28-40(36,9)10/h11-24,33-38,41-42H,25-28H2,1-10H3/b12-11+,17-13+,18-14+,23-21+,24-22+,29-15+,30-16+,31-19+,32-20+/t33-,34-,35-,36-,37-,38-/m0/s1. The van der Waals surface area contributed by atoms with E-state index < -0.39 is 0 Å². The summed E-state index contributed by atoms with van der Waals surface area (Å²) in [7, 11) is 0. The van der Waals surface area contributed by atoms with Gasteiger partial charge < -0.3 is 10.2 Å². The predicted molar refractivity (Wildman–Crippen MR) is 184 cm³/mol. The fourth-order valence-electron chi connectivity index (χ4n) is 6.52. The van der Waals surface area contributed by atoms with E-state index in [9.17, 15) is 10.2 Å². The molecule has 0 aliphatic heterocycles. The molecule has 2 heteroatoms. The van der Waals surface area contributed by atoms with Crippen molar-refractivity contribution in [3.05, 3.63) is 107 Å². The summed E-state index contributed by atoms with van der Waals surface area (Å²) < 4.78 is 0. The van der Waals surface area contributed by atoms with E-state index in [0.717, 1.165) is 25.7 Å². The summed E-state index contributed by atoms with van der Waals surface area (Å²) in [5.74, 6) is 1.37. The third-order valence-corrected chi connectivity index (χ3v) is 9.72. The Morgan fingerprint density at radius 2 is 0.833 bits per heavy atom. The first-order valence-electron chi connectivity index (χ1n) is 16.1. The van der Waals surface area contributed by atoms with Gasteiger partial charge in [-0.15, -0.1) is 0 Å². The zero-order valence-corrected chi connectivity index (χ0v) is 28.3. The lowest BCUT2D eigenvalue weighted by Crippen LogP contribution is -2.40. The van der Waals surface area contributed by atoms with Gasteiger partial charge >= 0.3 is 0 Å². The van der Waals surface area contributed by atoms with Crippen molar-refractivity contribution in [2.45, 2.75) is 107 Å². The van der Waals surface area contributed by atoms with Crippen LogP contribution in [-0.2, 0) is 0 Å². The van der Waals surface area contributed by atoms with Crippen LogP contribution in [0.5, 0.6) is 0 Å². The molecule has 2 fully saturated rings. The normalized spacial score (nSPS) is 31.9. The molecule has 0 aromatic carbocycles. The summed E-state index contributed by atoms with van der Waals surface area (Å²) in [4.78, 5) is 0. The average molecular weight is 573 g/mol. The van der Waals surface area contributed by atoms with Gasteiger partial charge in [0.2, 0.25) is 0 Å². The topological polar surface area (TPSA) is 40.5 Å². The van der Waals surface area contributed by atoms with Crippen molar-refractivity contribution < 1.29 is 10.2 Å². The zero-order valence-electron chi connectivity index (χ0n) is 28.3. The van der Waals surface area contributed by atoms with Crippen LogP contribution >= 0.6 is 0 Å². The molecule has 0 heterocycles. The van der Waals surface area contributed by atoms with Crippen LogP contribution in [-0.4, -0.2) is 22.4 Å². The van der Waals surface area contributed by atoms with E-state index in [1.807, 2.05) is 0 Å². The highest BCUT2D eigenvalue weighted by Gasteiger charge is 2.40. The summed E-state index contributed by atoms with van der Waals surface area (Å²) in [5, 5.41) is 20.6. The first-order valence-corrected chi connectivity index (χ1v) is 16.1. The van der Waals surface area contributed by atoms with E-state index in [4.69, 9.17) is 0 Å². The van der Waals surface area contributed by atoms with Crippen LogP contribution in [0.3, 0.4) is 0 Å². The minimum atomic E-state index is -0.194. The molecule has 2 N–H and O–H groups in total. The van der Waals surface area contributed by atoms with Crippen molar-refractivity contribution >= 4 is 0 Å². The number of hydrogen-bond acceptors (Lipinski definition) is 2. The van der Waals surface area contributed by atoms with E-state index in [2.05, 4.69) is 154 Å². The molecule has 0 radical (unpaired) electrons. The Kier molecular flexibility index (Phi) is 14.0. The van der Waals surface area contributed by atoms with Crippen molar-refractivity contribution in [1.29, 1.82) is 0 Å². The lowest BCUT2D eigenvalue weighted by molar-refractivity contribution is -0.00432. The van der Waals surface area contributed by atoms with Crippen LogP contribution in [0.4, 0.5) is 0 Å². The molecule has 0 aromatic heterocycles. The molecule has 42 heavy (non-hydrogen) atoms. The van der Waals surface area contributed by atoms with Gasteiger partial charge in [-0.05, 0) is 87.9 Å². The van der Waals surface area contributed by atoms with Crippen LogP contribution in [0, 0.1) is 34.5 Å². The van der Waals surface area contributed by atoms with E-state index in [-0.39, 0.29) is 23.0 Å². The van der Waals surface area contributed by atoms with Gasteiger partial charge in [-0.2, -0.15) is 0 Å². The average Bonchev–Trinajstić information content (AvgIpc) is 2.91. The first kappa shape index (κ1) is 35.8. The fraction of sp³-hybridized carbons (Fsp3) is 0.550. The SMILES string of the molecule is CC(/C=C/C=C(C)/C=C/[C@H]1[C@H](C)[C@@H](O)CCC1(C)C)=C\C=C\C=C(C)\C=C\C=C(C)\C=C\[C@H]1[C@H](C)[C@@H](O)CCC1(C)C. The van der Waals surface area contributed by atoms with Gasteiger partial charge in [0.1, 0.15) is 0 Å². The second-order valence-electron chi connectivity index (χ2n) is 14.4. The lowest BCUT2D eigenvalue weighted by atomic mass is 9.63. The van der Waals surface area contributed by atoms with Crippen LogP contribution in [0.2, 0.25) is 0 Å². The Morgan fingerprint density at radius 3 is 1.19 bits per heavy atom. The van der Waals surface area contributed by atoms with Gasteiger partial charge in [0.05, 0.1) is 12.2 Å². The van der Waals surface area contributed by atoms with Gasteiger partial charge in [0, 0.05) is 0 Å². The third kappa shape index (κ3) is 11.3. The molecular formula is C40H60O2. The van der Waals surface area contributed by atoms with Gasteiger partial charge in [-0.25, -0.2) is 0 Å². The van der Waals surface area contributed by atoms with Crippen LogP contribution < -0.4 is 0 Å². The molecule has 2 aliphatic carbocycles. The molecule has 0 unspecified atom stereocenters. The molecule has 0 bridgehead atoms. The summed E-state index contributed by atoms with van der Waals surface area (Å²) in [6.45, 7) is 22.1. The molecule has 6 atom stereocenters. The Balaban J connectivity index is 1.88. The maximum absolute atomic E-state index is 10.3. The summed E-state index contributed by atoms with van der Waals surface area (Å²) >= 11 is 0. The molecule has 2 nitrogen and oxygen atoms in total. The summed E-state index contributed by atoms with van der Waals surface area (Å²) in [6.07, 6.45) is 33.8. The minimum Gasteiger partial charge on any atom is -0.393 e. The molecule has 0 saturated heterocycles. The molecule has 2 rings (SSSR count). The highest BCUT2D eigenvalue weighted by atomic mass is 16.3. The van der Waals surface area contributed by atoms with E-state index in [0.29, 0.717) is 23.7 Å². The molecular weight excluding hydrogens is 512 g/mol. The molecule has 0 amide bonds. The number of hydrogen-bond donors (Lipinski definition) is 2. The van der Waals surface area contributed by atoms with Crippen molar-refractivity contribution in [2.75, 3.05) is 0 Å². The summed E-state index contributed by atoms with van der Waals surface area (Å²) in [6, 6.07) is 0. The maximum Gasteiger partial charge on any atom is 0.0571 e. The largest absolute Gasteiger partial charge is 0.393 e. The Labute approximate surface area is 258 Å². The van der Waals surface area contributed by atoms with Crippen LogP contribution in [0.15, 0.2) is 107 Å². The lowest BCUT2D eigenvalue weighted by Gasteiger charge is -2.44. The van der Waals surface area contributed by atoms with E-state index >= 15 is 0 Å². The van der Waals surface area contributed by atoms with Crippen molar-refractivity contribution in [2.24, 2.45) is 34.5 Å². The third-order valence-electron chi connectivity index (χ3n) is 9.72. The first-order chi connectivity index (χ1) is 19.6. The van der Waals surface area contributed by atoms with Crippen molar-refractivity contribution in [3.8, 4) is 0 Å². The highest BCUT2D eigenvalue weighted by molar-refractivity contribution is 5.32. The predicted octanol–water partition coefficient (Wildman–Crippen LogP) is 10.4. The molecule has 2 saturated carbocycles. The molecule has 0 spiro atoms. The van der Waals surface area contributed by atoms with Crippen molar-refractivity contribution in [1.82, 2.24) is 0 Å². The fourth-order valence-corrected chi connectivity index (χ4v) is 6.52. The van der Waals surface area contributed by atoms with E-state index in [1.165, 1.54) is 22.3 Å². The van der Waals surface area contributed by atoms with Gasteiger partial charge in [0.25, 0.3) is 0 Å². The second-order valence-corrected chi connectivity index (χ2v) is 14.4. The molecule has 232 valence electrons. The van der Waals surface area contributed by atoms with Crippen molar-refractivity contribution in [3.63, 3.8) is 0 Å². The number of rotatable bonds is 10. The quantitative estimate of drug-likeness (QED) is 0.256. The summed E-state index contributed by atoms with van der Waals surface area (Å²) in [5.41, 5.74) is 5.27. The number of allylic oxidation sites excluding steroid dienone is 18. The minimum absolute atomic E-state index is 0.194. The maximum atomic E-state index is 10.3. The number of aliphatic hydroxyl groups excluding tert-OH is 2. The second kappa shape index (κ2) is 16.4.